The van der Waals surface area contributed by atoms with Crippen molar-refractivity contribution in [3.8, 4) is 5.75 Å². The van der Waals surface area contributed by atoms with Crippen molar-refractivity contribution in [2.75, 3.05) is 6.54 Å². The number of aromatic amines is 1. The van der Waals surface area contributed by atoms with E-state index in [-0.39, 0.29) is 30.3 Å². The summed E-state index contributed by atoms with van der Waals surface area (Å²) in [5.41, 5.74) is 5.77. The highest BCUT2D eigenvalue weighted by molar-refractivity contribution is 5.85. The van der Waals surface area contributed by atoms with Crippen LogP contribution in [0.15, 0.2) is 52.3 Å². The summed E-state index contributed by atoms with van der Waals surface area (Å²) < 4.78 is 21.2. The molecule has 1 fully saturated rings. The van der Waals surface area contributed by atoms with E-state index in [1.165, 1.54) is 0 Å². The summed E-state index contributed by atoms with van der Waals surface area (Å²) in [6, 6.07) is 9.93. The van der Waals surface area contributed by atoms with Crippen LogP contribution in [0.25, 0.3) is 5.57 Å². The van der Waals surface area contributed by atoms with Gasteiger partial charge in [0.1, 0.15) is 11.6 Å². The summed E-state index contributed by atoms with van der Waals surface area (Å²) in [5.74, 6) is 0.936. The Kier molecular flexibility index (Phi) is 5.72. The third kappa shape index (κ3) is 3.81. The molecule has 29 heavy (non-hydrogen) atoms. The van der Waals surface area contributed by atoms with Gasteiger partial charge in [0.05, 0.1) is 41.8 Å². The van der Waals surface area contributed by atoms with Gasteiger partial charge in [-0.15, -0.1) is 12.4 Å². The first-order chi connectivity index (χ1) is 13.8. The molecule has 0 unspecified atom stereocenters. The average molecular weight is 415 g/mol. The van der Waals surface area contributed by atoms with Crippen LogP contribution in [-0.4, -0.2) is 23.8 Å². The Morgan fingerprint density at radius 3 is 2.66 bits per heavy atom. The number of aromatic nitrogens is 1. The summed E-state index contributed by atoms with van der Waals surface area (Å²) in [5, 5.41) is 5.83. The van der Waals surface area contributed by atoms with Crippen LogP contribution in [0, 0.1) is 5.92 Å². The fourth-order valence-corrected chi connectivity index (χ4v) is 4.45. The van der Waals surface area contributed by atoms with Crippen molar-refractivity contribution in [1.29, 1.82) is 0 Å². The monoisotopic (exact) mass is 414 g/mol. The van der Waals surface area contributed by atoms with E-state index in [2.05, 4.69) is 20.5 Å². The van der Waals surface area contributed by atoms with E-state index in [4.69, 9.17) is 4.74 Å². The zero-order chi connectivity index (χ0) is 18.9. The number of allylic oxidation sites excluding steroid dienone is 1. The second-order valence-corrected chi connectivity index (χ2v) is 7.54. The maximum atomic E-state index is 15.0. The van der Waals surface area contributed by atoms with Crippen LogP contribution in [0.1, 0.15) is 36.9 Å². The van der Waals surface area contributed by atoms with Crippen molar-refractivity contribution in [3.63, 3.8) is 0 Å². The molecule has 0 bridgehead atoms. The molecular formula is C22H24ClFN4O. The van der Waals surface area contributed by atoms with Crippen LogP contribution in [0.2, 0.25) is 0 Å². The number of hydrazone groups is 1. The Balaban J connectivity index is 0.00000205. The summed E-state index contributed by atoms with van der Waals surface area (Å²) >= 11 is 0. The molecule has 152 valence electrons. The largest absolute Gasteiger partial charge is 0.490 e. The van der Waals surface area contributed by atoms with E-state index in [9.17, 15) is 0 Å². The molecule has 2 N–H and O–H groups in total. The molecular weight excluding hydrogens is 391 g/mol. The highest BCUT2D eigenvalue weighted by Crippen LogP contribution is 2.36. The van der Waals surface area contributed by atoms with Crippen LogP contribution in [0.5, 0.6) is 5.75 Å². The van der Waals surface area contributed by atoms with E-state index in [1.54, 1.807) is 12.3 Å². The van der Waals surface area contributed by atoms with Gasteiger partial charge in [-0.3, -0.25) is 4.99 Å². The number of benzene rings is 1. The van der Waals surface area contributed by atoms with E-state index < -0.39 is 0 Å². The maximum Gasteiger partial charge on any atom is 0.126 e. The fourth-order valence-electron chi connectivity index (χ4n) is 4.45. The number of nitrogens with one attached hydrogen (secondary N) is 2. The van der Waals surface area contributed by atoms with Gasteiger partial charge in [0.25, 0.3) is 0 Å². The lowest BCUT2D eigenvalue weighted by atomic mass is 9.81. The molecule has 0 spiro atoms. The van der Waals surface area contributed by atoms with E-state index in [0.29, 0.717) is 13.1 Å². The number of rotatable bonds is 3. The molecule has 1 aromatic heterocycles. The molecule has 0 amide bonds. The Bertz CT molecular complexity index is 1050. The third-order valence-corrected chi connectivity index (χ3v) is 5.82. The number of hydrogen-bond donors (Lipinski definition) is 2. The zero-order valence-corrected chi connectivity index (χ0v) is 16.8. The summed E-state index contributed by atoms with van der Waals surface area (Å²) in [7, 11) is 0. The maximum absolute atomic E-state index is 15.0. The minimum atomic E-state index is -0.140. The van der Waals surface area contributed by atoms with E-state index in [0.717, 1.165) is 59.0 Å². The van der Waals surface area contributed by atoms with Gasteiger partial charge in [0.2, 0.25) is 0 Å². The predicted molar refractivity (Wildman–Crippen MR) is 114 cm³/mol. The smallest absolute Gasteiger partial charge is 0.126 e. The standard InChI is InChI=1S/C22H23FN4O.ClH/c23-18-10-11-24-21-17-12-25-26-13-19(17)27-22(21)20(18)14-6-8-16(9-7-14)28-15-4-2-1-3-5-15;/h1-5,10,13-14,16,25,27H,6-9,11-12H2;1H. The van der Waals surface area contributed by atoms with Crippen molar-refractivity contribution in [1.82, 2.24) is 10.4 Å². The summed E-state index contributed by atoms with van der Waals surface area (Å²) in [6.07, 6.45) is 7.21. The second-order valence-electron chi connectivity index (χ2n) is 7.54. The molecule has 3 aliphatic rings. The van der Waals surface area contributed by atoms with Gasteiger partial charge < -0.3 is 15.1 Å². The van der Waals surface area contributed by atoms with Gasteiger partial charge in [-0.2, -0.15) is 5.10 Å². The first kappa shape index (κ1) is 19.7. The van der Waals surface area contributed by atoms with Crippen molar-refractivity contribution in [3.05, 3.63) is 64.2 Å². The van der Waals surface area contributed by atoms with Crippen molar-refractivity contribution >= 4 is 24.2 Å². The molecule has 0 saturated heterocycles. The predicted octanol–water partition coefficient (Wildman–Crippen LogP) is 3.15. The highest BCUT2D eigenvalue weighted by Gasteiger charge is 2.29. The van der Waals surface area contributed by atoms with Crippen LogP contribution in [0.4, 0.5) is 4.39 Å². The molecule has 0 radical (unpaired) electrons. The van der Waals surface area contributed by atoms with Crippen LogP contribution in [0.3, 0.4) is 0 Å². The normalized spacial score (nSPS) is 22.8. The molecule has 3 heterocycles. The number of para-hydroxylation sites is 1. The first-order valence-corrected chi connectivity index (χ1v) is 9.93. The molecule has 1 saturated carbocycles. The lowest BCUT2D eigenvalue weighted by Crippen LogP contribution is -2.33. The minimum Gasteiger partial charge on any atom is -0.490 e. The molecule has 5 nitrogen and oxygen atoms in total. The lowest BCUT2D eigenvalue weighted by molar-refractivity contribution is 0.142. The number of fused-ring (bicyclic) bond motifs is 3. The Hall–Kier alpha value is -2.60. The number of H-pyrrole nitrogens is 1. The Labute approximate surface area is 174 Å². The average Bonchev–Trinajstić information content (AvgIpc) is 3.00. The summed E-state index contributed by atoms with van der Waals surface area (Å²) in [6.45, 7) is 0.990. The van der Waals surface area contributed by atoms with Crippen molar-refractivity contribution in [2.24, 2.45) is 16.0 Å². The van der Waals surface area contributed by atoms with Gasteiger partial charge >= 0.3 is 0 Å². The molecule has 1 aliphatic carbocycles. The van der Waals surface area contributed by atoms with Gasteiger partial charge in [-0.25, -0.2) is 4.39 Å². The molecule has 5 rings (SSSR count). The van der Waals surface area contributed by atoms with Crippen LogP contribution in [-0.2, 0) is 6.54 Å². The lowest BCUT2D eigenvalue weighted by Gasteiger charge is -2.30. The fraction of sp³-hybridized carbons (Fsp3) is 0.364. The van der Waals surface area contributed by atoms with E-state index in [1.807, 2.05) is 30.3 Å². The molecule has 2 aromatic rings. The van der Waals surface area contributed by atoms with Crippen molar-refractivity contribution in [2.45, 2.75) is 38.3 Å². The number of nitrogens with zero attached hydrogens (tertiary/aromatic N) is 2. The molecule has 0 atom stereocenters. The molecule has 1 aromatic carbocycles. The summed E-state index contributed by atoms with van der Waals surface area (Å²) in [4.78, 5) is 8.02. The van der Waals surface area contributed by atoms with Crippen LogP contribution >= 0.6 is 12.4 Å². The Morgan fingerprint density at radius 2 is 1.86 bits per heavy atom. The van der Waals surface area contributed by atoms with E-state index >= 15 is 4.39 Å². The second kappa shape index (κ2) is 8.41. The zero-order valence-electron chi connectivity index (χ0n) is 16.0. The number of halogens is 2. The van der Waals surface area contributed by atoms with Gasteiger partial charge in [-0.05, 0) is 49.8 Å². The quantitative estimate of drug-likeness (QED) is 0.810. The van der Waals surface area contributed by atoms with Crippen LogP contribution < -0.4 is 20.9 Å². The third-order valence-electron chi connectivity index (χ3n) is 5.82. The SMILES string of the molecule is Cl.FC1=CCN=c2c3c([nH]c2=C1C1CCC(Oc2ccccc2)CC1)C=NNC3. The van der Waals surface area contributed by atoms with Gasteiger partial charge in [-0.1, -0.05) is 18.2 Å². The molecule has 7 heteroatoms. The van der Waals surface area contributed by atoms with Gasteiger partial charge in [0, 0.05) is 11.1 Å². The highest BCUT2D eigenvalue weighted by atomic mass is 35.5. The topological polar surface area (TPSA) is 61.8 Å². The minimum absolute atomic E-state index is 0. The number of ether oxygens (including phenoxy) is 1. The Morgan fingerprint density at radius 1 is 1.07 bits per heavy atom. The van der Waals surface area contributed by atoms with Gasteiger partial charge in [0.15, 0.2) is 0 Å². The first-order valence-electron chi connectivity index (χ1n) is 9.93. The van der Waals surface area contributed by atoms with Crippen molar-refractivity contribution < 1.29 is 9.13 Å². The number of hydrogen-bond acceptors (Lipinski definition) is 4. The molecule has 2 aliphatic heterocycles.